The molecule has 1 aliphatic rings. The summed E-state index contributed by atoms with van der Waals surface area (Å²) in [7, 11) is 0. The number of para-hydroxylation sites is 1. The Morgan fingerprint density at radius 2 is 2.10 bits per heavy atom. The number of halogens is 1. The molecule has 0 atom stereocenters. The van der Waals surface area contributed by atoms with Gasteiger partial charge in [-0.2, -0.15) is 0 Å². The molecule has 1 amide bonds. The van der Waals surface area contributed by atoms with Crippen LogP contribution in [0.2, 0.25) is 0 Å². The second kappa shape index (κ2) is 8.24. The van der Waals surface area contributed by atoms with E-state index in [1.54, 1.807) is 0 Å². The van der Waals surface area contributed by atoms with Gasteiger partial charge in [-0.1, -0.05) is 12.1 Å². The average Bonchev–Trinajstić information content (AvgIpc) is 2.47. The molecule has 6 heteroatoms. The van der Waals surface area contributed by atoms with Crippen LogP contribution >= 0.6 is 15.9 Å². The number of nitrogens with zero attached hydrogens (tertiary/aromatic N) is 1. The van der Waals surface area contributed by atoms with E-state index in [0.717, 1.165) is 37.3 Å². The Morgan fingerprint density at radius 3 is 2.85 bits per heavy atom. The van der Waals surface area contributed by atoms with E-state index in [1.807, 2.05) is 24.3 Å². The van der Waals surface area contributed by atoms with Crippen LogP contribution in [0.1, 0.15) is 0 Å². The summed E-state index contributed by atoms with van der Waals surface area (Å²) in [5, 5.41) is 2.86. The van der Waals surface area contributed by atoms with Crippen molar-refractivity contribution in [2.75, 3.05) is 46.0 Å². The van der Waals surface area contributed by atoms with Crippen LogP contribution in [0.25, 0.3) is 0 Å². The molecule has 1 aromatic carbocycles. The minimum absolute atomic E-state index is 0.0335. The lowest BCUT2D eigenvalue weighted by molar-refractivity contribution is -0.123. The fraction of sp³-hybridized carbons (Fsp3) is 0.500. The monoisotopic (exact) mass is 342 g/mol. The Labute approximate surface area is 127 Å². The zero-order valence-corrected chi connectivity index (χ0v) is 12.9. The zero-order chi connectivity index (χ0) is 14.2. The van der Waals surface area contributed by atoms with Gasteiger partial charge in [0.1, 0.15) is 5.75 Å². The molecular weight excluding hydrogens is 324 g/mol. The molecule has 0 spiro atoms. The topological polar surface area (TPSA) is 50.8 Å². The Bertz CT molecular complexity index is 436. The van der Waals surface area contributed by atoms with Crippen molar-refractivity contribution in [1.29, 1.82) is 0 Å². The molecule has 0 bridgehead atoms. The van der Waals surface area contributed by atoms with Crippen molar-refractivity contribution in [2.45, 2.75) is 0 Å². The summed E-state index contributed by atoms with van der Waals surface area (Å²) in [5.41, 5.74) is 0. The minimum atomic E-state index is -0.103. The number of hydrogen-bond donors (Lipinski definition) is 1. The highest BCUT2D eigenvalue weighted by Gasteiger charge is 2.10. The summed E-state index contributed by atoms with van der Waals surface area (Å²) < 4.78 is 11.6. The highest BCUT2D eigenvalue weighted by Crippen LogP contribution is 2.23. The number of amides is 1. The number of benzene rings is 1. The Kier molecular flexibility index (Phi) is 6.29. The standard InChI is InChI=1S/C14H19BrN2O3/c15-12-3-1-2-4-13(12)20-11-14(18)16-5-6-17-7-9-19-10-8-17/h1-4H,5-11H2,(H,16,18). The molecule has 110 valence electrons. The third-order valence-corrected chi connectivity index (χ3v) is 3.70. The van der Waals surface area contributed by atoms with Crippen molar-refractivity contribution in [3.05, 3.63) is 28.7 Å². The van der Waals surface area contributed by atoms with Crippen LogP contribution in [0.3, 0.4) is 0 Å². The number of ether oxygens (including phenoxy) is 2. The van der Waals surface area contributed by atoms with E-state index in [1.165, 1.54) is 0 Å². The quantitative estimate of drug-likeness (QED) is 0.845. The molecule has 0 unspecified atom stereocenters. The smallest absolute Gasteiger partial charge is 0.257 e. The fourth-order valence-electron chi connectivity index (χ4n) is 1.93. The number of rotatable bonds is 6. The first-order chi connectivity index (χ1) is 9.75. The highest BCUT2D eigenvalue weighted by atomic mass is 79.9. The molecule has 1 saturated heterocycles. The highest BCUT2D eigenvalue weighted by molar-refractivity contribution is 9.10. The molecule has 0 aliphatic carbocycles. The lowest BCUT2D eigenvalue weighted by atomic mass is 10.3. The van der Waals surface area contributed by atoms with Gasteiger partial charge in [0.05, 0.1) is 17.7 Å². The van der Waals surface area contributed by atoms with Gasteiger partial charge in [-0.15, -0.1) is 0 Å². The molecule has 1 heterocycles. The van der Waals surface area contributed by atoms with Crippen molar-refractivity contribution in [2.24, 2.45) is 0 Å². The van der Waals surface area contributed by atoms with Crippen LogP contribution in [0.4, 0.5) is 0 Å². The van der Waals surface area contributed by atoms with Crippen molar-refractivity contribution in [3.8, 4) is 5.75 Å². The molecular formula is C14H19BrN2O3. The van der Waals surface area contributed by atoms with E-state index < -0.39 is 0 Å². The number of hydrogen-bond acceptors (Lipinski definition) is 4. The molecule has 0 saturated carbocycles. The van der Waals surface area contributed by atoms with Gasteiger partial charge >= 0.3 is 0 Å². The summed E-state index contributed by atoms with van der Waals surface area (Å²) in [6, 6.07) is 7.48. The number of morpholine rings is 1. The van der Waals surface area contributed by atoms with E-state index in [0.29, 0.717) is 12.3 Å². The van der Waals surface area contributed by atoms with Crippen LogP contribution in [-0.2, 0) is 9.53 Å². The van der Waals surface area contributed by atoms with Gasteiger partial charge in [0.15, 0.2) is 6.61 Å². The van der Waals surface area contributed by atoms with Crippen molar-refractivity contribution < 1.29 is 14.3 Å². The van der Waals surface area contributed by atoms with Gasteiger partial charge in [0.25, 0.3) is 5.91 Å². The fourth-order valence-corrected chi connectivity index (χ4v) is 2.33. The zero-order valence-electron chi connectivity index (χ0n) is 11.3. The van der Waals surface area contributed by atoms with Crippen molar-refractivity contribution in [3.63, 3.8) is 0 Å². The molecule has 20 heavy (non-hydrogen) atoms. The van der Waals surface area contributed by atoms with Crippen LogP contribution in [0.5, 0.6) is 5.75 Å². The summed E-state index contributed by atoms with van der Waals surface area (Å²) in [4.78, 5) is 14.0. The Hall–Kier alpha value is -1.11. The number of carbonyl (C=O) groups is 1. The van der Waals surface area contributed by atoms with Gasteiger partial charge in [0.2, 0.25) is 0 Å². The van der Waals surface area contributed by atoms with Crippen LogP contribution < -0.4 is 10.1 Å². The number of nitrogens with one attached hydrogen (secondary N) is 1. The maximum atomic E-state index is 11.7. The van der Waals surface area contributed by atoms with E-state index in [4.69, 9.17) is 9.47 Å². The van der Waals surface area contributed by atoms with E-state index >= 15 is 0 Å². The first-order valence-electron chi connectivity index (χ1n) is 6.70. The minimum Gasteiger partial charge on any atom is -0.483 e. The summed E-state index contributed by atoms with van der Waals surface area (Å²) in [5.74, 6) is 0.574. The lowest BCUT2D eigenvalue weighted by Crippen LogP contribution is -2.42. The largest absolute Gasteiger partial charge is 0.483 e. The molecule has 0 radical (unpaired) electrons. The van der Waals surface area contributed by atoms with Gasteiger partial charge < -0.3 is 14.8 Å². The maximum Gasteiger partial charge on any atom is 0.257 e. The first kappa shape index (κ1) is 15.3. The molecule has 2 rings (SSSR count). The van der Waals surface area contributed by atoms with E-state index in [9.17, 15) is 4.79 Å². The molecule has 1 aliphatic heterocycles. The second-order valence-corrected chi connectivity index (χ2v) is 5.38. The molecule has 1 N–H and O–H groups in total. The Balaban J connectivity index is 1.62. The SMILES string of the molecule is O=C(COc1ccccc1Br)NCCN1CCOCC1. The third-order valence-electron chi connectivity index (χ3n) is 3.05. The van der Waals surface area contributed by atoms with E-state index in [2.05, 4.69) is 26.1 Å². The molecule has 1 fully saturated rings. The average molecular weight is 343 g/mol. The van der Waals surface area contributed by atoms with Crippen molar-refractivity contribution in [1.82, 2.24) is 10.2 Å². The first-order valence-corrected chi connectivity index (χ1v) is 7.49. The van der Waals surface area contributed by atoms with Crippen molar-refractivity contribution >= 4 is 21.8 Å². The van der Waals surface area contributed by atoms with Crippen LogP contribution in [0.15, 0.2) is 28.7 Å². The maximum absolute atomic E-state index is 11.7. The van der Waals surface area contributed by atoms with Crippen LogP contribution in [0, 0.1) is 0 Å². The van der Waals surface area contributed by atoms with Gasteiger partial charge in [-0.3, -0.25) is 9.69 Å². The predicted molar refractivity (Wildman–Crippen MR) is 79.9 cm³/mol. The van der Waals surface area contributed by atoms with Gasteiger partial charge in [-0.05, 0) is 28.1 Å². The normalized spacial score (nSPS) is 15.8. The third kappa shape index (κ3) is 5.11. The van der Waals surface area contributed by atoms with Crippen LogP contribution in [-0.4, -0.2) is 56.8 Å². The van der Waals surface area contributed by atoms with E-state index in [-0.39, 0.29) is 12.5 Å². The second-order valence-electron chi connectivity index (χ2n) is 4.52. The Morgan fingerprint density at radius 1 is 1.35 bits per heavy atom. The summed E-state index contributed by atoms with van der Waals surface area (Å²) >= 11 is 3.38. The predicted octanol–water partition coefficient (Wildman–Crippen LogP) is 1.28. The van der Waals surface area contributed by atoms with Gasteiger partial charge in [0, 0.05) is 26.2 Å². The number of carbonyl (C=O) groups excluding carboxylic acids is 1. The van der Waals surface area contributed by atoms with Gasteiger partial charge in [-0.25, -0.2) is 0 Å². The molecule has 0 aromatic heterocycles. The lowest BCUT2D eigenvalue weighted by Gasteiger charge is -2.26. The molecule has 1 aromatic rings. The summed E-state index contributed by atoms with van der Waals surface area (Å²) in [6.45, 7) is 4.94. The summed E-state index contributed by atoms with van der Waals surface area (Å²) in [6.07, 6.45) is 0. The molecule has 5 nitrogen and oxygen atoms in total.